The summed E-state index contributed by atoms with van der Waals surface area (Å²) in [5, 5.41) is 9.83. The Morgan fingerprint density at radius 2 is 2.06 bits per heavy atom. The van der Waals surface area contributed by atoms with Crippen LogP contribution >= 0.6 is 11.3 Å². The summed E-state index contributed by atoms with van der Waals surface area (Å²) in [6.45, 7) is 7.55. The van der Waals surface area contributed by atoms with Crippen LogP contribution < -0.4 is 15.2 Å². The molecule has 4 saturated heterocycles. The van der Waals surface area contributed by atoms with Gasteiger partial charge in [-0.15, -0.1) is 17.9 Å². The molecule has 0 aliphatic carbocycles. The van der Waals surface area contributed by atoms with Crippen LogP contribution in [0.2, 0.25) is 0 Å². The first kappa shape index (κ1) is 33.1. The lowest BCUT2D eigenvalue weighted by Crippen LogP contribution is -2.43. The number of hydrogen-bond acceptors (Lipinski definition) is 10. The van der Waals surface area contributed by atoms with Gasteiger partial charge in [0.2, 0.25) is 5.88 Å². The fraction of sp³-hybridized carbons (Fsp3) is 0.457. The summed E-state index contributed by atoms with van der Waals surface area (Å²) in [6.07, 6.45) is -2.33. The molecule has 2 aromatic carbocycles. The molecule has 8 rings (SSSR count). The van der Waals surface area contributed by atoms with Crippen LogP contribution in [-0.2, 0) is 10.9 Å². The molecular formula is C35H33F5N6O3S. The van der Waals surface area contributed by atoms with Gasteiger partial charge in [0.05, 0.1) is 32.3 Å². The highest BCUT2D eigenvalue weighted by molar-refractivity contribution is 7.23. The highest BCUT2D eigenvalue weighted by atomic mass is 32.1. The van der Waals surface area contributed by atoms with E-state index < -0.39 is 35.4 Å². The Morgan fingerprint density at radius 3 is 2.80 bits per heavy atom. The van der Waals surface area contributed by atoms with Crippen molar-refractivity contribution in [3.63, 3.8) is 0 Å². The van der Waals surface area contributed by atoms with Crippen molar-refractivity contribution < 1.29 is 36.2 Å². The van der Waals surface area contributed by atoms with Crippen molar-refractivity contribution in [3.8, 4) is 29.1 Å². The van der Waals surface area contributed by atoms with Crippen molar-refractivity contribution in [2.24, 2.45) is 0 Å². The summed E-state index contributed by atoms with van der Waals surface area (Å²) in [5.41, 5.74) is 4.08. The molecule has 6 atom stereocenters. The van der Waals surface area contributed by atoms with Gasteiger partial charge >= 0.3 is 12.2 Å². The second-order valence-electron chi connectivity index (χ2n) is 13.5. The number of rotatable bonds is 8. The van der Waals surface area contributed by atoms with Crippen molar-refractivity contribution >= 4 is 37.3 Å². The van der Waals surface area contributed by atoms with Crippen LogP contribution in [0, 0.1) is 17.1 Å². The molecule has 6 heterocycles. The predicted molar refractivity (Wildman–Crippen MR) is 177 cm³/mol. The van der Waals surface area contributed by atoms with E-state index in [1.807, 2.05) is 13.0 Å². The Bertz CT molecular complexity index is 2070. The fourth-order valence-electron chi connectivity index (χ4n) is 8.06. The Labute approximate surface area is 288 Å². The first-order valence-electron chi connectivity index (χ1n) is 16.5. The van der Waals surface area contributed by atoms with E-state index in [2.05, 4.69) is 26.3 Å². The molecule has 6 unspecified atom stereocenters. The van der Waals surface area contributed by atoms with Gasteiger partial charge in [0.25, 0.3) is 0 Å². The summed E-state index contributed by atoms with van der Waals surface area (Å²) in [7, 11) is 0. The highest BCUT2D eigenvalue weighted by Crippen LogP contribution is 2.47. The molecule has 262 valence electrons. The second-order valence-corrected chi connectivity index (χ2v) is 14.5. The van der Waals surface area contributed by atoms with Gasteiger partial charge in [-0.25, -0.2) is 8.78 Å². The number of alkyl halides is 4. The van der Waals surface area contributed by atoms with Crippen LogP contribution in [0.15, 0.2) is 36.9 Å². The average Bonchev–Trinajstić information content (AvgIpc) is 3.24. The SMILES string of the molecule is C=CC1OC1N1CCC(Oc2nc(OCC34CCCN3CC(F)C4)nc3cc(-c4ccc(F)c5sc(N)c(C#N)c45)c(C(F)(F)F)cc23)C1C. The zero-order valence-corrected chi connectivity index (χ0v) is 27.8. The van der Waals surface area contributed by atoms with E-state index in [1.165, 1.54) is 12.1 Å². The monoisotopic (exact) mass is 712 g/mol. The lowest BCUT2D eigenvalue weighted by Gasteiger charge is -2.31. The van der Waals surface area contributed by atoms with Crippen LogP contribution in [0.4, 0.5) is 27.0 Å². The molecule has 15 heteroatoms. The van der Waals surface area contributed by atoms with Gasteiger partial charge in [-0.1, -0.05) is 12.1 Å². The van der Waals surface area contributed by atoms with Gasteiger partial charge in [0.15, 0.2) is 0 Å². The molecule has 0 radical (unpaired) electrons. The number of halogens is 5. The van der Waals surface area contributed by atoms with Gasteiger partial charge in [-0.05, 0) is 62.1 Å². The maximum Gasteiger partial charge on any atom is 0.417 e. The normalized spacial score (nSPS) is 28.3. The minimum absolute atomic E-state index is 0.000227. The molecule has 2 N–H and O–H groups in total. The van der Waals surface area contributed by atoms with E-state index in [0.717, 1.165) is 42.9 Å². The second kappa shape index (κ2) is 12.0. The lowest BCUT2D eigenvalue weighted by atomic mass is 9.93. The molecule has 0 spiro atoms. The number of anilines is 1. The van der Waals surface area contributed by atoms with E-state index in [-0.39, 0.29) is 79.6 Å². The standard InChI is InChI=1S/C35H33F5N6O3S/c1-3-26-32(49-26)46-10-7-27(17(46)2)48-31-21-11-23(35(38,39)40)20(19-5-6-24(37)29-28(19)22(14-41)30(42)50-29)12-25(21)43-33(44-31)47-16-34-8-4-9-45(34)15-18(36)13-34/h3,5-6,11-12,17-18,26-27,32H,1,4,7-10,13,15-16,42H2,2H3. The largest absolute Gasteiger partial charge is 0.472 e. The van der Waals surface area contributed by atoms with Crippen molar-refractivity contribution in [1.82, 2.24) is 19.8 Å². The summed E-state index contributed by atoms with van der Waals surface area (Å²) in [4.78, 5) is 13.3. The van der Waals surface area contributed by atoms with Crippen LogP contribution in [0.5, 0.6) is 11.9 Å². The number of nitrogens with zero attached hydrogens (tertiary/aromatic N) is 5. The quantitative estimate of drug-likeness (QED) is 0.119. The van der Waals surface area contributed by atoms with E-state index in [1.54, 1.807) is 6.08 Å². The third kappa shape index (κ3) is 5.44. The summed E-state index contributed by atoms with van der Waals surface area (Å²) < 4.78 is 92.5. The van der Waals surface area contributed by atoms with Crippen molar-refractivity contribution in [2.45, 2.75) is 75.0 Å². The molecule has 2 aromatic heterocycles. The van der Waals surface area contributed by atoms with Crippen LogP contribution in [0.1, 0.15) is 43.7 Å². The topological polar surface area (TPSA) is 113 Å². The number of nitriles is 1. The fourth-order valence-corrected chi connectivity index (χ4v) is 9.01. The number of nitrogen functional groups attached to an aromatic ring is 1. The van der Waals surface area contributed by atoms with E-state index >= 15 is 0 Å². The molecule has 9 nitrogen and oxygen atoms in total. The summed E-state index contributed by atoms with van der Waals surface area (Å²) >= 11 is 0.797. The third-order valence-electron chi connectivity index (χ3n) is 10.6. The van der Waals surface area contributed by atoms with Gasteiger partial charge < -0.3 is 19.9 Å². The molecule has 4 aliphatic rings. The first-order valence-corrected chi connectivity index (χ1v) is 17.3. The zero-order chi connectivity index (χ0) is 35.1. The van der Waals surface area contributed by atoms with E-state index in [4.69, 9.17) is 19.9 Å². The number of thiophene rings is 1. The average molecular weight is 713 g/mol. The van der Waals surface area contributed by atoms with E-state index in [9.17, 15) is 27.2 Å². The number of fused-ring (bicyclic) bond motifs is 3. The Kier molecular flexibility index (Phi) is 7.94. The van der Waals surface area contributed by atoms with Crippen molar-refractivity contribution in [3.05, 3.63) is 53.9 Å². The van der Waals surface area contributed by atoms with Crippen molar-refractivity contribution in [2.75, 3.05) is 32.0 Å². The third-order valence-corrected chi connectivity index (χ3v) is 11.6. The predicted octanol–water partition coefficient (Wildman–Crippen LogP) is 6.83. The van der Waals surface area contributed by atoms with Gasteiger partial charge in [-0.3, -0.25) is 9.80 Å². The molecule has 0 saturated carbocycles. The van der Waals surface area contributed by atoms with Gasteiger partial charge in [0.1, 0.15) is 48.1 Å². The maximum absolute atomic E-state index is 14.9. The molecule has 0 bridgehead atoms. The van der Waals surface area contributed by atoms with Crippen LogP contribution in [0.3, 0.4) is 0 Å². The number of benzene rings is 2. The number of likely N-dealkylation sites (tertiary alicyclic amines) is 1. The maximum atomic E-state index is 14.9. The Hall–Kier alpha value is -4.10. The number of aromatic nitrogens is 2. The Morgan fingerprint density at radius 1 is 1.24 bits per heavy atom. The molecule has 4 aliphatic heterocycles. The van der Waals surface area contributed by atoms with Gasteiger partial charge in [0, 0.05) is 30.9 Å². The lowest BCUT2D eigenvalue weighted by molar-refractivity contribution is -0.137. The Balaban J connectivity index is 1.25. The summed E-state index contributed by atoms with van der Waals surface area (Å²) in [5.74, 6) is -0.793. The smallest absolute Gasteiger partial charge is 0.417 e. The van der Waals surface area contributed by atoms with Gasteiger partial charge in [-0.2, -0.15) is 28.4 Å². The number of nitrogens with two attached hydrogens (primary N) is 1. The minimum atomic E-state index is -4.87. The molecule has 4 aromatic rings. The molecule has 4 fully saturated rings. The molecular weight excluding hydrogens is 679 g/mol. The zero-order valence-electron chi connectivity index (χ0n) is 27.0. The first-order chi connectivity index (χ1) is 23.9. The number of epoxide rings is 1. The number of ether oxygens (including phenoxy) is 3. The summed E-state index contributed by atoms with van der Waals surface area (Å²) in [6, 6.07) is 6.08. The van der Waals surface area contributed by atoms with Crippen LogP contribution in [-0.4, -0.2) is 82.2 Å². The highest BCUT2D eigenvalue weighted by Gasteiger charge is 2.50. The van der Waals surface area contributed by atoms with Crippen LogP contribution in [0.25, 0.3) is 32.1 Å². The molecule has 50 heavy (non-hydrogen) atoms. The number of hydrogen-bond donors (Lipinski definition) is 1. The molecule has 0 amide bonds. The van der Waals surface area contributed by atoms with E-state index in [0.29, 0.717) is 25.9 Å². The van der Waals surface area contributed by atoms with Crippen molar-refractivity contribution in [1.29, 1.82) is 5.26 Å². The minimum Gasteiger partial charge on any atom is -0.472 e.